The van der Waals surface area contributed by atoms with Crippen LogP contribution in [0.5, 0.6) is 0 Å². The van der Waals surface area contributed by atoms with Crippen LogP contribution in [0, 0.1) is 32.5 Å². The Hall–Kier alpha value is -3.45. The van der Waals surface area contributed by atoms with Crippen LogP contribution >= 0.6 is 0 Å². The fourth-order valence-electron chi connectivity index (χ4n) is 9.43. The Balaban J connectivity index is 2.05. The molecule has 12 nitrogen and oxygen atoms in total. The maximum atomic E-state index is 14.9. The molecule has 12 heteroatoms. The molecular formula is C36H54N6O6. The molecule has 0 saturated heterocycles. The van der Waals surface area contributed by atoms with Crippen molar-refractivity contribution in [2.75, 3.05) is 19.6 Å². The van der Waals surface area contributed by atoms with Gasteiger partial charge in [-0.3, -0.25) is 0 Å². The van der Waals surface area contributed by atoms with Crippen LogP contribution in [0.1, 0.15) is 138 Å². The standard InChI is InChI=1S/C36H54N6O6/c1-31(2)14-25(15-36(9,18-31)21-39-24-45)40-28(46)41(26-16-34(7,19-37-22-43)12-10-32(26,3)4)30(48)42(29(40)47)27-17-35(8,20-38-23-44)13-11-33(27,5)6/h25-27H,10-21H2,1-9H3. The van der Waals surface area contributed by atoms with Crippen LogP contribution in [0.3, 0.4) is 0 Å². The van der Waals surface area contributed by atoms with Crippen molar-refractivity contribution in [1.29, 1.82) is 0 Å². The van der Waals surface area contributed by atoms with Crippen LogP contribution in [-0.4, -0.2) is 51.6 Å². The van der Waals surface area contributed by atoms with Gasteiger partial charge in [-0.1, -0.05) is 62.3 Å². The van der Waals surface area contributed by atoms with Crippen molar-refractivity contribution in [3.8, 4) is 0 Å². The molecule has 0 spiro atoms. The summed E-state index contributed by atoms with van der Waals surface area (Å²) in [6.45, 7) is 19.1. The fourth-order valence-corrected chi connectivity index (χ4v) is 9.43. The molecule has 6 unspecified atom stereocenters. The summed E-state index contributed by atoms with van der Waals surface area (Å²) in [5.41, 5.74) is -4.55. The smallest absolute Gasteiger partial charge is 0.247 e. The van der Waals surface area contributed by atoms with Crippen LogP contribution in [0.25, 0.3) is 0 Å². The first-order chi connectivity index (χ1) is 22.2. The second kappa shape index (κ2) is 13.1. The van der Waals surface area contributed by atoms with Gasteiger partial charge in [-0.25, -0.2) is 57.4 Å². The zero-order chi connectivity index (χ0) is 35.9. The Kier molecular flexibility index (Phi) is 10.2. The molecule has 3 saturated carbocycles. The van der Waals surface area contributed by atoms with Crippen molar-refractivity contribution in [2.45, 2.75) is 138 Å². The summed E-state index contributed by atoms with van der Waals surface area (Å²) in [5, 5.41) is 0. The number of carbonyl (C=O) groups excluding carboxylic acids is 3. The lowest BCUT2D eigenvalue weighted by molar-refractivity contribution is 0.0253. The van der Waals surface area contributed by atoms with E-state index in [-0.39, 0.29) is 25.0 Å². The molecule has 0 N–H and O–H groups in total. The van der Waals surface area contributed by atoms with Crippen molar-refractivity contribution in [3.05, 3.63) is 31.5 Å². The Labute approximate surface area is 282 Å². The number of nitrogens with zero attached hydrogens (tertiary/aromatic N) is 6. The van der Waals surface area contributed by atoms with Crippen LogP contribution in [0.2, 0.25) is 0 Å². The lowest BCUT2D eigenvalue weighted by Gasteiger charge is -2.49. The molecule has 0 bridgehead atoms. The van der Waals surface area contributed by atoms with Crippen LogP contribution < -0.4 is 17.1 Å². The third-order valence-electron chi connectivity index (χ3n) is 12.1. The highest BCUT2D eigenvalue weighted by molar-refractivity contribution is 5.33. The molecule has 0 aliphatic heterocycles. The van der Waals surface area contributed by atoms with Crippen molar-refractivity contribution in [3.63, 3.8) is 0 Å². The minimum Gasteiger partial charge on any atom is -0.247 e. The highest BCUT2D eigenvalue weighted by Crippen LogP contribution is 2.53. The van der Waals surface area contributed by atoms with Gasteiger partial charge in [-0.05, 0) is 90.3 Å². The lowest BCUT2D eigenvalue weighted by Crippen LogP contribution is -2.62. The summed E-state index contributed by atoms with van der Waals surface area (Å²) in [6.07, 6.45) is 10.3. The monoisotopic (exact) mass is 666 g/mol. The topological polar surface area (TPSA) is 154 Å². The minimum absolute atomic E-state index is 0.218. The minimum atomic E-state index is -0.632. The Morgan fingerprint density at radius 2 is 0.917 bits per heavy atom. The molecule has 1 heterocycles. The molecule has 0 aromatic carbocycles. The first-order valence-electron chi connectivity index (χ1n) is 17.3. The van der Waals surface area contributed by atoms with E-state index in [9.17, 15) is 28.8 Å². The normalized spacial score (nSPS) is 33.8. The van der Waals surface area contributed by atoms with E-state index in [0.717, 1.165) is 19.3 Å². The van der Waals surface area contributed by atoms with E-state index in [1.165, 1.54) is 13.7 Å². The van der Waals surface area contributed by atoms with Gasteiger partial charge in [0.15, 0.2) is 0 Å². The molecule has 0 amide bonds. The molecule has 3 fully saturated rings. The molecule has 3 aliphatic carbocycles. The molecule has 1 aromatic rings. The number of hydrogen-bond acceptors (Lipinski definition) is 9. The van der Waals surface area contributed by atoms with E-state index in [1.54, 1.807) is 18.2 Å². The second-order valence-electron chi connectivity index (χ2n) is 18.4. The largest absolute Gasteiger partial charge is 0.336 e. The summed E-state index contributed by atoms with van der Waals surface area (Å²) in [7, 11) is 0. The highest BCUT2D eigenvalue weighted by Gasteiger charge is 2.49. The molecule has 3 aliphatic rings. The van der Waals surface area contributed by atoms with E-state index in [1.807, 2.05) is 48.5 Å². The zero-order valence-electron chi connectivity index (χ0n) is 30.4. The number of aliphatic imine (C=N–C) groups is 3. The summed E-state index contributed by atoms with van der Waals surface area (Å²) in [5.74, 6) is 0. The van der Waals surface area contributed by atoms with E-state index < -0.39 is 62.3 Å². The summed E-state index contributed by atoms with van der Waals surface area (Å²) < 4.78 is 3.98. The highest BCUT2D eigenvalue weighted by atomic mass is 16.2. The summed E-state index contributed by atoms with van der Waals surface area (Å²) in [4.78, 5) is 89.8. The third kappa shape index (κ3) is 7.41. The van der Waals surface area contributed by atoms with Gasteiger partial charge >= 0.3 is 17.1 Å². The van der Waals surface area contributed by atoms with E-state index in [0.29, 0.717) is 38.5 Å². The van der Waals surface area contributed by atoms with Crippen molar-refractivity contribution >= 4 is 18.2 Å². The van der Waals surface area contributed by atoms with E-state index in [4.69, 9.17) is 0 Å². The summed E-state index contributed by atoms with van der Waals surface area (Å²) >= 11 is 0. The first-order valence-corrected chi connectivity index (χ1v) is 17.3. The van der Waals surface area contributed by atoms with E-state index >= 15 is 0 Å². The average molecular weight is 667 g/mol. The van der Waals surface area contributed by atoms with Gasteiger partial charge < -0.3 is 0 Å². The zero-order valence-corrected chi connectivity index (χ0v) is 30.4. The number of isocyanates is 3. The van der Waals surface area contributed by atoms with Crippen LogP contribution in [0.15, 0.2) is 29.4 Å². The van der Waals surface area contributed by atoms with Crippen molar-refractivity contribution in [2.24, 2.45) is 47.5 Å². The number of rotatable bonds is 9. The Morgan fingerprint density at radius 1 is 0.542 bits per heavy atom. The average Bonchev–Trinajstić information content (AvgIpc) is 2.97. The Morgan fingerprint density at radius 3 is 1.31 bits per heavy atom. The van der Waals surface area contributed by atoms with Gasteiger partial charge in [0.2, 0.25) is 18.2 Å². The Bertz CT molecular complexity index is 1640. The molecule has 48 heavy (non-hydrogen) atoms. The number of aromatic nitrogens is 3. The van der Waals surface area contributed by atoms with E-state index in [2.05, 4.69) is 28.8 Å². The van der Waals surface area contributed by atoms with Gasteiger partial charge in [-0.2, -0.15) is 0 Å². The molecule has 264 valence electrons. The SMILES string of the molecule is CC1(C)CC(n2c(=O)n(C3CC(C)(CN=C=O)CCC3(C)C)c(=O)n(C3CC(C)(CN=C=O)CCC3(C)C)c2=O)CC(C)(CN=C=O)C1. The third-order valence-corrected chi connectivity index (χ3v) is 12.1. The van der Waals surface area contributed by atoms with Crippen molar-refractivity contribution < 1.29 is 14.4 Å². The first kappa shape index (κ1) is 37.4. The van der Waals surface area contributed by atoms with Gasteiger partial charge in [0.25, 0.3) is 0 Å². The maximum absolute atomic E-state index is 14.9. The van der Waals surface area contributed by atoms with Gasteiger partial charge in [0.05, 0.1) is 19.6 Å². The summed E-state index contributed by atoms with van der Waals surface area (Å²) in [6, 6.07) is -1.69. The van der Waals surface area contributed by atoms with Gasteiger partial charge in [-0.15, -0.1) is 0 Å². The fraction of sp³-hybridized carbons (Fsp3) is 0.833. The predicted octanol–water partition coefficient (Wildman–Crippen LogP) is 5.45. The van der Waals surface area contributed by atoms with Crippen LogP contribution in [0.4, 0.5) is 0 Å². The second-order valence-corrected chi connectivity index (χ2v) is 18.4. The molecule has 6 atom stereocenters. The number of hydrogen-bond donors (Lipinski definition) is 0. The quantitative estimate of drug-likeness (QED) is 0.252. The van der Waals surface area contributed by atoms with Crippen molar-refractivity contribution in [1.82, 2.24) is 13.7 Å². The predicted molar refractivity (Wildman–Crippen MR) is 183 cm³/mol. The molecular weight excluding hydrogens is 612 g/mol. The molecule has 0 radical (unpaired) electrons. The molecule has 4 rings (SSSR count). The van der Waals surface area contributed by atoms with Gasteiger partial charge in [0, 0.05) is 18.1 Å². The van der Waals surface area contributed by atoms with Gasteiger partial charge in [0.1, 0.15) is 0 Å². The maximum Gasteiger partial charge on any atom is 0.336 e. The molecule has 1 aromatic heterocycles. The van der Waals surface area contributed by atoms with Crippen LogP contribution in [-0.2, 0) is 14.4 Å². The lowest BCUT2D eigenvalue weighted by atomic mass is 9.62.